The minimum Gasteiger partial charge on any atom is -0.379 e. The largest absolute Gasteiger partial charge is 0.379 e. The molecular weight excluding hydrogens is 436 g/mol. The first kappa shape index (κ1) is 24.7. The van der Waals surface area contributed by atoms with Crippen molar-refractivity contribution in [2.24, 2.45) is 5.92 Å². The van der Waals surface area contributed by atoms with Crippen LogP contribution in [0.25, 0.3) is 11.3 Å². The van der Waals surface area contributed by atoms with Gasteiger partial charge in [-0.1, -0.05) is 36.9 Å². The van der Waals surface area contributed by atoms with Crippen molar-refractivity contribution < 1.29 is 9.53 Å². The number of aryl methyl sites for hydroxylation is 2. The molecule has 0 spiro atoms. The lowest BCUT2D eigenvalue weighted by Gasteiger charge is -2.36. The third-order valence-electron chi connectivity index (χ3n) is 7.13. The molecule has 2 aliphatic heterocycles. The zero-order valence-electron chi connectivity index (χ0n) is 20.9. The number of nitrogens with one attached hydrogen (secondary N) is 1. The van der Waals surface area contributed by atoms with E-state index in [1.54, 1.807) is 6.08 Å². The summed E-state index contributed by atoms with van der Waals surface area (Å²) < 4.78 is 5.41. The second kappa shape index (κ2) is 10.5. The van der Waals surface area contributed by atoms with Crippen LogP contribution in [0.4, 0.5) is 0 Å². The highest BCUT2D eigenvalue weighted by Crippen LogP contribution is 2.34. The number of aromatic amines is 1. The van der Waals surface area contributed by atoms with Gasteiger partial charge in [0.25, 0.3) is 5.91 Å². The second-order valence-electron chi connectivity index (χ2n) is 9.86. The van der Waals surface area contributed by atoms with E-state index in [1.165, 1.54) is 5.57 Å². The summed E-state index contributed by atoms with van der Waals surface area (Å²) in [4.78, 5) is 23.7. The molecule has 2 fully saturated rings. The van der Waals surface area contributed by atoms with Crippen LogP contribution < -0.4 is 0 Å². The first-order chi connectivity index (χ1) is 16.9. The van der Waals surface area contributed by atoms with Crippen LogP contribution in [-0.2, 0) is 10.2 Å². The van der Waals surface area contributed by atoms with Crippen molar-refractivity contribution in [2.45, 2.75) is 45.4 Å². The number of benzene rings is 1. The van der Waals surface area contributed by atoms with Crippen molar-refractivity contribution in [3.63, 3.8) is 0 Å². The third kappa shape index (κ3) is 5.16. The zero-order chi connectivity index (χ0) is 25.0. The normalized spacial score (nSPS) is 18.3. The van der Waals surface area contributed by atoms with Crippen molar-refractivity contribution in [1.29, 1.82) is 5.26 Å². The van der Waals surface area contributed by atoms with Crippen LogP contribution in [0.15, 0.2) is 54.7 Å². The molecule has 182 valence electrons. The van der Waals surface area contributed by atoms with E-state index < -0.39 is 0 Å². The van der Waals surface area contributed by atoms with Crippen LogP contribution in [0.1, 0.15) is 53.6 Å². The molecule has 0 bridgehead atoms. The molecule has 2 aromatic rings. The topological polar surface area (TPSA) is 82.0 Å². The molecule has 0 saturated carbocycles. The Labute approximate surface area is 208 Å². The van der Waals surface area contributed by atoms with Gasteiger partial charge in [0.05, 0.1) is 42.5 Å². The van der Waals surface area contributed by atoms with Crippen molar-refractivity contribution in [1.82, 2.24) is 14.9 Å². The summed E-state index contributed by atoms with van der Waals surface area (Å²) in [6.07, 6.45) is 9.90. The van der Waals surface area contributed by atoms with Crippen LogP contribution in [0.5, 0.6) is 0 Å². The van der Waals surface area contributed by atoms with Gasteiger partial charge in [-0.25, -0.2) is 4.98 Å². The summed E-state index contributed by atoms with van der Waals surface area (Å²) in [5, 5.41) is 8.80. The van der Waals surface area contributed by atoms with Crippen LogP contribution in [0.2, 0.25) is 0 Å². The number of hydrogen-bond acceptors (Lipinski definition) is 4. The van der Waals surface area contributed by atoms with Gasteiger partial charge in [0.2, 0.25) is 0 Å². The molecule has 2 saturated heterocycles. The van der Waals surface area contributed by atoms with E-state index in [4.69, 9.17) is 15.0 Å². The summed E-state index contributed by atoms with van der Waals surface area (Å²) in [5.41, 5.74) is 5.85. The minimum absolute atomic E-state index is 0.0655. The number of H-pyrrole nitrogens is 1. The molecule has 1 aromatic heterocycles. The van der Waals surface area contributed by atoms with Gasteiger partial charge in [-0.15, -0.1) is 0 Å². The van der Waals surface area contributed by atoms with Crippen molar-refractivity contribution >= 4 is 5.91 Å². The number of amides is 1. The van der Waals surface area contributed by atoms with E-state index in [-0.39, 0.29) is 11.3 Å². The molecule has 0 aliphatic carbocycles. The zero-order valence-corrected chi connectivity index (χ0v) is 20.9. The molecule has 0 atom stereocenters. The molecule has 2 aliphatic rings. The van der Waals surface area contributed by atoms with Crippen molar-refractivity contribution in [3.8, 4) is 17.3 Å². The van der Waals surface area contributed by atoms with Crippen LogP contribution in [0.3, 0.4) is 0 Å². The standard InChI is InChI=1S/C29H34N4O2/c1-5-8-22(9-6-7-14-30)23-12-15-33(16-13-23)27(34)24-11-10-20(2)25(17-24)26-21(3)31-28(32-26)29(4)18-35-19-29/h5-6,8-11,17,23H,1,7,12-13,15-16,18-19H2,2-4H3,(H,31,32)/b9-6-,22-8+. The Balaban J connectivity index is 1.49. The average Bonchev–Trinajstić information content (AvgIpc) is 3.23. The van der Waals surface area contributed by atoms with Gasteiger partial charge >= 0.3 is 0 Å². The highest BCUT2D eigenvalue weighted by molar-refractivity contribution is 5.95. The number of likely N-dealkylation sites (tertiary alicyclic amines) is 1. The lowest BCUT2D eigenvalue weighted by atomic mass is 9.88. The quantitative estimate of drug-likeness (QED) is 0.548. The smallest absolute Gasteiger partial charge is 0.253 e. The summed E-state index contributed by atoms with van der Waals surface area (Å²) in [6.45, 7) is 12.8. The maximum atomic E-state index is 13.4. The molecule has 1 amide bonds. The number of aromatic nitrogens is 2. The lowest BCUT2D eigenvalue weighted by Crippen LogP contribution is -2.44. The number of piperidine rings is 1. The fraction of sp³-hybridized carbons (Fsp3) is 0.414. The third-order valence-corrected chi connectivity index (χ3v) is 7.13. The van der Waals surface area contributed by atoms with Gasteiger partial charge in [0, 0.05) is 24.2 Å². The van der Waals surface area contributed by atoms with Gasteiger partial charge in [-0.3, -0.25) is 4.79 Å². The number of allylic oxidation sites excluding steroid dienone is 5. The van der Waals surface area contributed by atoms with Crippen molar-refractivity contribution in [2.75, 3.05) is 26.3 Å². The number of rotatable bonds is 7. The Bertz CT molecular complexity index is 1200. The Kier molecular flexibility index (Phi) is 7.37. The molecule has 1 N–H and O–H groups in total. The highest BCUT2D eigenvalue weighted by Gasteiger charge is 2.38. The molecule has 6 nitrogen and oxygen atoms in total. The van der Waals surface area contributed by atoms with Gasteiger partial charge in [0.1, 0.15) is 5.82 Å². The summed E-state index contributed by atoms with van der Waals surface area (Å²) in [7, 11) is 0. The molecular formula is C29H34N4O2. The minimum atomic E-state index is -0.0720. The average molecular weight is 471 g/mol. The van der Waals surface area contributed by atoms with E-state index in [0.29, 0.717) is 44.2 Å². The second-order valence-corrected chi connectivity index (χ2v) is 9.86. The predicted molar refractivity (Wildman–Crippen MR) is 138 cm³/mol. The molecule has 35 heavy (non-hydrogen) atoms. The Morgan fingerprint density at radius 1 is 1.34 bits per heavy atom. The van der Waals surface area contributed by atoms with Gasteiger partial charge in [-0.2, -0.15) is 5.26 Å². The SMILES string of the molecule is C=C/C=C(\C=C/CC#N)C1CCN(C(=O)c2ccc(C)c(-c3[nH]c(C4(C)COC4)nc3C)c2)CC1. The van der Waals surface area contributed by atoms with Gasteiger partial charge < -0.3 is 14.6 Å². The van der Waals surface area contributed by atoms with Crippen LogP contribution in [0, 0.1) is 31.1 Å². The summed E-state index contributed by atoms with van der Waals surface area (Å²) >= 11 is 0. The monoisotopic (exact) mass is 470 g/mol. The van der Waals surface area contributed by atoms with Crippen LogP contribution >= 0.6 is 0 Å². The maximum absolute atomic E-state index is 13.4. The van der Waals surface area contributed by atoms with Gasteiger partial charge in [0.15, 0.2) is 0 Å². The number of hydrogen-bond donors (Lipinski definition) is 1. The maximum Gasteiger partial charge on any atom is 0.253 e. The molecule has 3 heterocycles. The van der Waals surface area contributed by atoms with E-state index >= 15 is 0 Å². The summed E-state index contributed by atoms with van der Waals surface area (Å²) in [6, 6.07) is 8.09. The number of imidazole rings is 1. The van der Waals surface area contributed by atoms with E-state index in [9.17, 15) is 4.79 Å². The molecule has 6 heteroatoms. The number of nitriles is 1. The highest BCUT2D eigenvalue weighted by atomic mass is 16.5. The van der Waals surface area contributed by atoms with Crippen LogP contribution in [-0.4, -0.2) is 47.1 Å². The fourth-order valence-electron chi connectivity index (χ4n) is 4.89. The van der Waals surface area contributed by atoms with Crippen molar-refractivity contribution in [3.05, 3.63) is 77.3 Å². The van der Waals surface area contributed by atoms with Gasteiger partial charge in [-0.05, 0) is 62.8 Å². The predicted octanol–water partition coefficient (Wildman–Crippen LogP) is 5.42. The number of carbonyl (C=O) groups is 1. The molecule has 0 unspecified atom stereocenters. The Morgan fingerprint density at radius 2 is 2.09 bits per heavy atom. The summed E-state index contributed by atoms with van der Waals surface area (Å²) in [5.74, 6) is 1.38. The Morgan fingerprint density at radius 3 is 2.71 bits per heavy atom. The van der Waals surface area contributed by atoms with E-state index in [2.05, 4.69) is 31.5 Å². The number of carbonyl (C=O) groups excluding carboxylic acids is 1. The number of ether oxygens (including phenoxy) is 1. The van der Waals surface area contributed by atoms with E-state index in [0.717, 1.165) is 41.2 Å². The fourth-order valence-corrected chi connectivity index (χ4v) is 4.89. The Hall–Kier alpha value is -3.43. The first-order valence-corrected chi connectivity index (χ1v) is 12.3. The molecule has 0 radical (unpaired) electrons. The molecule has 4 rings (SSSR count). The first-order valence-electron chi connectivity index (χ1n) is 12.3. The molecule has 1 aromatic carbocycles. The van der Waals surface area contributed by atoms with E-state index in [1.807, 2.05) is 48.3 Å². The lowest BCUT2D eigenvalue weighted by molar-refractivity contribution is -0.0539. The number of nitrogens with zero attached hydrogens (tertiary/aromatic N) is 3.